The van der Waals surface area contributed by atoms with E-state index in [1.165, 1.54) is 6.26 Å². The Labute approximate surface area is 109 Å². The zero-order chi connectivity index (χ0) is 12.3. The zero-order valence-electron chi connectivity index (χ0n) is 9.74. The van der Waals surface area contributed by atoms with Crippen LogP contribution in [0.4, 0.5) is 0 Å². The fraction of sp³-hybridized carbons (Fsp3) is 0.583. The summed E-state index contributed by atoms with van der Waals surface area (Å²) >= 11 is 3.19. The Bertz CT molecular complexity index is 391. The van der Waals surface area contributed by atoms with Crippen LogP contribution >= 0.6 is 15.9 Å². The van der Waals surface area contributed by atoms with Crippen molar-refractivity contribution in [3.05, 3.63) is 22.6 Å². The zero-order valence-corrected chi connectivity index (χ0v) is 11.3. The highest BCUT2D eigenvalue weighted by Gasteiger charge is 2.27. The normalized spacial score (nSPS) is 23.9. The average molecular weight is 302 g/mol. The van der Waals surface area contributed by atoms with E-state index in [4.69, 9.17) is 9.15 Å². The summed E-state index contributed by atoms with van der Waals surface area (Å²) in [7, 11) is 0. The van der Waals surface area contributed by atoms with Gasteiger partial charge in [0.05, 0.1) is 17.9 Å². The number of halogens is 1. The van der Waals surface area contributed by atoms with Gasteiger partial charge in [-0.05, 0) is 34.8 Å². The van der Waals surface area contributed by atoms with Crippen LogP contribution in [0.1, 0.15) is 30.1 Å². The van der Waals surface area contributed by atoms with Crippen molar-refractivity contribution in [1.29, 1.82) is 0 Å². The summed E-state index contributed by atoms with van der Waals surface area (Å²) in [6, 6.07) is 1.65. The predicted octanol–water partition coefficient (Wildman–Crippen LogP) is 2.59. The molecule has 5 heteroatoms. The lowest BCUT2D eigenvalue weighted by molar-refractivity contribution is 0.0826. The van der Waals surface area contributed by atoms with Gasteiger partial charge in [0.25, 0.3) is 5.91 Å². The van der Waals surface area contributed by atoms with Crippen molar-refractivity contribution < 1.29 is 13.9 Å². The second-order valence-electron chi connectivity index (χ2n) is 4.18. The molecule has 1 aliphatic rings. The Balaban J connectivity index is 1.86. The molecule has 0 bridgehead atoms. The number of carbonyl (C=O) groups is 1. The summed E-state index contributed by atoms with van der Waals surface area (Å²) in [5.74, 6) is 0.321. The molecule has 94 valence electrons. The Kier molecular flexibility index (Phi) is 4.23. The third-order valence-corrected chi connectivity index (χ3v) is 3.75. The molecule has 1 saturated heterocycles. The fourth-order valence-corrected chi connectivity index (χ4v) is 2.57. The van der Waals surface area contributed by atoms with Crippen molar-refractivity contribution in [2.45, 2.75) is 25.9 Å². The molecule has 1 aromatic rings. The van der Waals surface area contributed by atoms with Crippen molar-refractivity contribution in [2.24, 2.45) is 5.92 Å². The second kappa shape index (κ2) is 5.69. The molecule has 4 nitrogen and oxygen atoms in total. The quantitative estimate of drug-likeness (QED) is 0.930. The molecule has 2 atom stereocenters. The molecule has 2 unspecified atom stereocenters. The van der Waals surface area contributed by atoms with Gasteiger partial charge in [0.2, 0.25) is 0 Å². The Hall–Kier alpha value is -0.810. The summed E-state index contributed by atoms with van der Waals surface area (Å²) in [4.78, 5) is 11.8. The maximum atomic E-state index is 11.8. The summed E-state index contributed by atoms with van der Waals surface area (Å²) in [5, 5.41) is 2.92. The van der Waals surface area contributed by atoms with Crippen molar-refractivity contribution in [3.63, 3.8) is 0 Å². The van der Waals surface area contributed by atoms with Crippen LogP contribution in [-0.4, -0.2) is 25.2 Å². The van der Waals surface area contributed by atoms with Crippen LogP contribution in [0.3, 0.4) is 0 Å². The molecule has 0 saturated carbocycles. The number of hydrogen-bond acceptors (Lipinski definition) is 3. The van der Waals surface area contributed by atoms with Gasteiger partial charge in [-0.2, -0.15) is 0 Å². The van der Waals surface area contributed by atoms with E-state index >= 15 is 0 Å². The lowest BCUT2D eigenvalue weighted by Gasteiger charge is -2.16. The SMILES string of the molecule is CCC1OCCC1CNC(=O)c1ccoc1Br. The highest BCUT2D eigenvalue weighted by Crippen LogP contribution is 2.23. The van der Waals surface area contributed by atoms with Crippen molar-refractivity contribution in [1.82, 2.24) is 5.32 Å². The minimum absolute atomic E-state index is 0.104. The summed E-state index contributed by atoms with van der Waals surface area (Å²) in [6.45, 7) is 3.57. The third kappa shape index (κ3) is 2.90. The molecule has 1 aromatic heterocycles. The maximum absolute atomic E-state index is 11.8. The fourth-order valence-electron chi connectivity index (χ4n) is 2.15. The van der Waals surface area contributed by atoms with Gasteiger partial charge < -0.3 is 14.5 Å². The summed E-state index contributed by atoms with van der Waals surface area (Å²) in [5.41, 5.74) is 0.539. The highest BCUT2D eigenvalue weighted by atomic mass is 79.9. The maximum Gasteiger partial charge on any atom is 0.255 e. The number of rotatable bonds is 4. The Morgan fingerprint density at radius 1 is 1.65 bits per heavy atom. The van der Waals surface area contributed by atoms with Crippen LogP contribution in [0.2, 0.25) is 0 Å². The molecule has 1 fully saturated rings. The Morgan fingerprint density at radius 2 is 2.47 bits per heavy atom. The Morgan fingerprint density at radius 3 is 3.12 bits per heavy atom. The third-order valence-electron chi connectivity index (χ3n) is 3.14. The van der Waals surface area contributed by atoms with E-state index in [-0.39, 0.29) is 12.0 Å². The molecule has 2 heterocycles. The molecule has 0 radical (unpaired) electrons. The summed E-state index contributed by atoms with van der Waals surface area (Å²) < 4.78 is 11.1. The molecule has 17 heavy (non-hydrogen) atoms. The number of hydrogen-bond donors (Lipinski definition) is 1. The van der Waals surface area contributed by atoms with Crippen LogP contribution in [-0.2, 0) is 4.74 Å². The monoisotopic (exact) mass is 301 g/mol. The first-order chi connectivity index (χ1) is 8.22. The molecule has 1 aliphatic heterocycles. The molecule has 1 N–H and O–H groups in total. The van der Waals surface area contributed by atoms with Crippen molar-refractivity contribution in [3.8, 4) is 0 Å². The van der Waals surface area contributed by atoms with Crippen LogP contribution in [0.25, 0.3) is 0 Å². The lowest BCUT2D eigenvalue weighted by atomic mass is 9.99. The number of carbonyl (C=O) groups excluding carboxylic acids is 1. The summed E-state index contributed by atoms with van der Waals surface area (Å²) in [6.07, 6.45) is 3.79. The molecular weight excluding hydrogens is 286 g/mol. The average Bonchev–Trinajstić information content (AvgIpc) is 2.94. The van der Waals surface area contributed by atoms with Gasteiger partial charge in [-0.3, -0.25) is 4.79 Å². The molecule has 0 aromatic carbocycles. The van der Waals surface area contributed by atoms with E-state index in [0.29, 0.717) is 22.7 Å². The molecule has 1 amide bonds. The lowest BCUT2D eigenvalue weighted by Crippen LogP contribution is -2.32. The predicted molar refractivity (Wildman–Crippen MR) is 66.9 cm³/mol. The van der Waals surface area contributed by atoms with E-state index in [9.17, 15) is 4.79 Å². The second-order valence-corrected chi connectivity index (χ2v) is 4.90. The first-order valence-electron chi connectivity index (χ1n) is 5.85. The van der Waals surface area contributed by atoms with Crippen molar-refractivity contribution in [2.75, 3.05) is 13.2 Å². The van der Waals surface area contributed by atoms with Crippen LogP contribution in [0.15, 0.2) is 21.4 Å². The van der Waals surface area contributed by atoms with Gasteiger partial charge in [-0.15, -0.1) is 0 Å². The molecule has 0 aliphatic carbocycles. The number of furan rings is 1. The number of ether oxygens (including phenoxy) is 1. The number of amides is 1. The first-order valence-corrected chi connectivity index (χ1v) is 6.64. The smallest absolute Gasteiger partial charge is 0.255 e. The van der Waals surface area contributed by atoms with E-state index in [1.54, 1.807) is 6.07 Å². The standard InChI is InChI=1S/C12H16BrNO3/c1-2-10-8(3-5-16-10)7-14-12(15)9-4-6-17-11(9)13/h4,6,8,10H,2-3,5,7H2,1H3,(H,14,15). The highest BCUT2D eigenvalue weighted by molar-refractivity contribution is 9.10. The molecular formula is C12H16BrNO3. The minimum Gasteiger partial charge on any atom is -0.457 e. The van der Waals surface area contributed by atoms with Crippen LogP contribution < -0.4 is 5.32 Å². The van der Waals surface area contributed by atoms with Gasteiger partial charge in [0.1, 0.15) is 0 Å². The minimum atomic E-state index is -0.104. The van der Waals surface area contributed by atoms with Crippen LogP contribution in [0, 0.1) is 5.92 Å². The number of nitrogens with one attached hydrogen (secondary N) is 1. The first kappa shape index (κ1) is 12.6. The van der Waals surface area contributed by atoms with Crippen molar-refractivity contribution >= 4 is 21.8 Å². The molecule has 0 spiro atoms. The van der Waals surface area contributed by atoms with E-state index in [0.717, 1.165) is 19.4 Å². The van der Waals surface area contributed by atoms with Gasteiger partial charge in [0.15, 0.2) is 4.67 Å². The van der Waals surface area contributed by atoms with Gasteiger partial charge >= 0.3 is 0 Å². The van der Waals surface area contributed by atoms with Gasteiger partial charge in [-0.1, -0.05) is 6.92 Å². The van der Waals surface area contributed by atoms with E-state index in [1.807, 2.05) is 0 Å². The van der Waals surface area contributed by atoms with Gasteiger partial charge in [-0.25, -0.2) is 0 Å². The van der Waals surface area contributed by atoms with Gasteiger partial charge in [0, 0.05) is 19.1 Å². The van der Waals surface area contributed by atoms with Crippen LogP contribution in [0.5, 0.6) is 0 Å². The topological polar surface area (TPSA) is 51.5 Å². The largest absolute Gasteiger partial charge is 0.457 e. The van der Waals surface area contributed by atoms with E-state index in [2.05, 4.69) is 28.2 Å². The molecule has 2 rings (SSSR count). The van der Waals surface area contributed by atoms with E-state index < -0.39 is 0 Å².